The van der Waals surface area contributed by atoms with Crippen LogP contribution in [0.3, 0.4) is 0 Å². The Morgan fingerprint density at radius 1 is 1.17 bits per heavy atom. The van der Waals surface area contributed by atoms with E-state index in [0.29, 0.717) is 28.9 Å². The molecule has 1 aliphatic heterocycles. The lowest BCUT2D eigenvalue weighted by Gasteiger charge is -2.34. The molecule has 0 spiro atoms. The number of alkyl halides is 2. The Bertz CT molecular complexity index is 1280. The van der Waals surface area contributed by atoms with Crippen LogP contribution in [0.2, 0.25) is 10.0 Å². The van der Waals surface area contributed by atoms with Gasteiger partial charge in [-0.15, -0.1) is 0 Å². The van der Waals surface area contributed by atoms with E-state index in [9.17, 15) is 13.6 Å². The van der Waals surface area contributed by atoms with Crippen LogP contribution in [0.25, 0.3) is 16.6 Å². The molecule has 0 aliphatic carbocycles. The Hall–Kier alpha value is -2.37. The van der Waals surface area contributed by atoms with Gasteiger partial charge in [0.05, 0.1) is 17.1 Å². The van der Waals surface area contributed by atoms with Crippen molar-refractivity contribution in [3.05, 3.63) is 74.9 Å². The minimum absolute atomic E-state index is 0.00891. The summed E-state index contributed by atoms with van der Waals surface area (Å²) in [5, 5.41) is 1.89. The van der Waals surface area contributed by atoms with Crippen molar-refractivity contribution in [1.82, 2.24) is 9.47 Å². The summed E-state index contributed by atoms with van der Waals surface area (Å²) in [6.07, 6.45) is 5.46. The molecule has 186 valence electrons. The minimum atomic E-state index is -2.91. The summed E-state index contributed by atoms with van der Waals surface area (Å²) < 4.78 is 30.1. The van der Waals surface area contributed by atoms with Gasteiger partial charge in [0, 0.05) is 65.4 Å². The largest absolute Gasteiger partial charge is 0.371 e. The third-order valence-electron chi connectivity index (χ3n) is 7.12. The fraction of sp³-hybridized carbons (Fsp3) is 0.393. The SMILES string of the molecule is C=C(c1ccc(Cl)c(Cn2cc(C)c3cc(C(C)(F)F)cc(C)c32)c1Cl)N1CCC(CC=O)CC1. The number of fused-ring (bicyclic) bond motifs is 1. The third-order valence-corrected chi connectivity index (χ3v) is 7.91. The molecule has 1 aliphatic rings. The molecule has 1 saturated heterocycles. The van der Waals surface area contributed by atoms with Crippen LogP contribution in [0.4, 0.5) is 8.78 Å². The quantitative estimate of drug-likeness (QED) is 0.296. The number of halogens is 4. The molecular formula is C28H30Cl2F2N2O. The first-order chi connectivity index (χ1) is 16.5. The summed E-state index contributed by atoms with van der Waals surface area (Å²) >= 11 is 13.5. The van der Waals surface area contributed by atoms with Gasteiger partial charge in [-0.3, -0.25) is 0 Å². The molecule has 35 heavy (non-hydrogen) atoms. The van der Waals surface area contributed by atoms with Crippen LogP contribution in [0, 0.1) is 19.8 Å². The van der Waals surface area contributed by atoms with Crippen molar-refractivity contribution in [2.24, 2.45) is 5.92 Å². The van der Waals surface area contributed by atoms with Crippen LogP contribution in [0.1, 0.15) is 54.0 Å². The van der Waals surface area contributed by atoms with Crippen LogP contribution < -0.4 is 0 Å². The number of aldehydes is 1. The summed E-state index contributed by atoms with van der Waals surface area (Å²) in [5.74, 6) is -2.48. The fourth-order valence-electron chi connectivity index (χ4n) is 5.09. The van der Waals surface area contributed by atoms with Crippen molar-refractivity contribution < 1.29 is 13.6 Å². The van der Waals surface area contributed by atoms with E-state index in [1.165, 1.54) is 0 Å². The molecule has 0 atom stereocenters. The molecule has 2 aromatic carbocycles. The molecule has 1 fully saturated rings. The van der Waals surface area contributed by atoms with E-state index in [2.05, 4.69) is 11.5 Å². The third kappa shape index (κ3) is 5.12. The average Bonchev–Trinajstić information content (AvgIpc) is 3.12. The van der Waals surface area contributed by atoms with Crippen molar-refractivity contribution >= 4 is 46.1 Å². The fourth-order valence-corrected chi connectivity index (χ4v) is 5.69. The molecule has 0 saturated carbocycles. The first-order valence-corrected chi connectivity index (χ1v) is 12.6. The second kappa shape index (κ2) is 9.94. The maximum absolute atomic E-state index is 14.0. The second-order valence-electron chi connectivity index (χ2n) is 9.68. The van der Waals surface area contributed by atoms with E-state index in [4.69, 9.17) is 23.2 Å². The Kier molecular flexibility index (Phi) is 7.31. The molecule has 0 bridgehead atoms. The second-order valence-corrected chi connectivity index (χ2v) is 10.5. The van der Waals surface area contributed by atoms with Crippen LogP contribution in [-0.4, -0.2) is 28.8 Å². The summed E-state index contributed by atoms with van der Waals surface area (Å²) in [6.45, 7) is 11.1. The number of nitrogens with zero attached hydrogens (tertiary/aromatic N) is 2. The number of rotatable bonds is 7. The zero-order chi connectivity index (χ0) is 25.5. The topological polar surface area (TPSA) is 25.2 Å². The zero-order valence-corrected chi connectivity index (χ0v) is 21.8. The van der Waals surface area contributed by atoms with E-state index in [0.717, 1.165) is 78.0 Å². The summed E-state index contributed by atoms with van der Waals surface area (Å²) in [6, 6.07) is 6.86. The maximum Gasteiger partial charge on any atom is 0.270 e. The molecular weight excluding hydrogens is 489 g/mol. The van der Waals surface area contributed by atoms with Crippen LogP contribution in [0.5, 0.6) is 0 Å². The highest BCUT2D eigenvalue weighted by molar-refractivity contribution is 6.37. The average molecular weight is 519 g/mol. The van der Waals surface area contributed by atoms with Crippen LogP contribution >= 0.6 is 23.2 Å². The van der Waals surface area contributed by atoms with Crippen molar-refractivity contribution in [3.63, 3.8) is 0 Å². The highest BCUT2D eigenvalue weighted by Crippen LogP contribution is 2.38. The van der Waals surface area contributed by atoms with Gasteiger partial charge in [0.1, 0.15) is 6.29 Å². The summed E-state index contributed by atoms with van der Waals surface area (Å²) in [5.41, 5.74) is 5.04. The lowest BCUT2D eigenvalue weighted by Crippen LogP contribution is -2.32. The number of piperidine rings is 1. The number of hydrogen-bond acceptors (Lipinski definition) is 2. The van der Waals surface area contributed by atoms with Gasteiger partial charge in [-0.25, -0.2) is 8.78 Å². The van der Waals surface area contributed by atoms with E-state index < -0.39 is 5.92 Å². The van der Waals surface area contributed by atoms with Gasteiger partial charge < -0.3 is 14.3 Å². The predicted octanol–water partition coefficient (Wildman–Crippen LogP) is 8.00. The summed E-state index contributed by atoms with van der Waals surface area (Å²) in [4.78, 5) is 13.1. The van der Waals surface area contributed by atoms with Gasteiger partial charge in [0.15, 0.2) is 0 Å². The molecule has 0 amide bonds. The number of likely N-dealkylation sites (tertiary alicyclic amines) is 1. The number of benzene rings is 2. The Morgan fingerprint density at radius 2 is 1.86 bits per heavy atom. The molecule has 0 unspecified atom stereocenters. The van der Waals surface area contributed by atoms with Gasteiger partial charge in [0.25, 0.3) is 5.92 Å². The van der Waals surface area contributed by atoms with Crippen molar-refractivity contribution in [3.8, 4) is 0 Å². The first kappa shape index (κ1) is 25.7. The van der Waals surface area contributed by atoms with Gasteiger partial charge in [0.2, 0.25) is 0 Å². The minimum Gasteiger partial charge on any atom is -0.371 e. The lowest BCUT2D eigenvalue weighted by molar-refractivity contribution is -0.108. The molecule has 0 radical (unpaired) electrons. The Labute approximate surface area is 215 Å². The normalized spacial score (nSPS) is 15.1. The predicted molar refractivity (Wildman–Crippen MR) is 141 cm³/mol. The number of aromatic nitrogens is 1. The number of hydrogen-bond donors (Lipinski definition) is 0. The monoisotopic (exact) mass is 518 g/mol. The maximum atomic E-state index is 14.0. The Morgan fingerprint density at radius 3 is 2.49 bits per heavy atom. The van der Waals surface area contributed by atoms with Gasteiger partial charge in [-0.05, 0) is 68.0 Å². The molecule has 3 aromatic rings. The van der Waals surface area contributed by atoms with Gasteiger partial charge >= 0.3 is 0 Å². The van der Waals surface area contributed by atoms with Crippen LogP contribution in [-0.2, 0) is 17.3 Å². The first-order valence-electron chi connectivity index (χ1n) is 11.8. The number of aryl methyl sites for hydroxylation is 2. The van der Waals surface area contributed by atoms with E-state index >= 15 is 0 Å². The van der Waals surface area contributed by atoms with Crippen molar-refractivity contribution in [1.29, 1.82) is 0 Å². The van der Waals surface area contributed by atoms with Gasteiger partial charge in [-0.2, -0.15) is 0 Å². The van der Waals surface area contributed by atoms with E-state index in [1.54, 1.807) is 12.1 Å². The molecule has 3 nitrogen and oxygen atoms in total. The molecule has 4 rings (SSSR count). The molecule has 1 aromatic heterocycles. The molecule has 2 heterocycles. The molecule has 0 N–H and O–H groups in total. The van der Waals surface area contributed by atoms with Gasteiger partial charge in [-0.1, -0.05) is 29.8 Å². The summed E-state index contributed by atoms with van der Waals surface area (Å²) in [7, 11) is 0. The van der Waals surface area contributed by atoms with Crippen LogP contribution in [0.15, 0.2) is 37.0 Å². The van der Waals surface area contributed by atoms with E-state index in [-0.39, 0.29) is 5.56 Å². The number of carbonyl (C=O) groups is 1. The standard InChI is InChI=1S/C28H30Cl2F2N2O/c1-17-13-21(28(4,31)32)14-23-18(2)15-34(27(17)23)16-24-25(29)6-5-22(26(24)30)19(3)33-10-7-20(8-11-33)9-12-35/h5-6,12-15,20H,3,7-11,16H2,1-2,4H3. The zero-order valence-electron chi connectivity index (χ0n) is 20.3. The van der Waals surface area contributed by atoms with Crippen molar-refractivity contribution in [2.45, 2.75) is 52.5 Å². The number of carbonyl (C=O) groups excluding carboxylic acids is 1. The van der Waals surface area contributed by atoms with E-state index in [1.807, 2.05) is 36.7 Å². The lowest BCUT2D eigenvalue weighted by atomic mass is 9.93. The highest BCUT2D eigenvalue weighted by Gasteiger charge is 2.27. The smallest absolute Gasteiger partial charge is 0.270 e. The highest BCUT2D eigenvalue weighted by atomic mass is 35.5. The van der Waals surface area contributed by atoms with Crippen molar-refractivity contribution in [2.75, 3.05) is 13.1 Å². The Balaban J connectivity index is 1.66. The molecule has 7 heteroatoms.